The fraction of sp³-hybridized carbons (Fsp3) is 0.625. The SMILES string of the molecule is COc1ccc(-c2cc(=O)c3c(O)cc(O[C@@H]4O[C@@H](CO)[C@@H](O)[C@H](O)[C@@H]4O[C@@H]4O[C@@H](CO)[C@@H](O)[C@H](O)[C@@H]4O[C@@H]4O[C@H](CO)[C@@H](O)[C@H](O)[C@@H]4O[C@@H]4O[C@@H](C)[C@H](O)[C@@H](O)[C@@H]4O)cc3o2)cc1. The predicted octanol–water partition coefficient (Wildman–Crippen LogP) is -5.15. The Balaban J connectivity index is 1.20. The van der Waals surface area contributed by atoms with Crippen LogP contribution < -0.4 is 14.9 Å². The van der Waals surface area contributed by atoms with Crippen LogP contribution in [0.5, 0.6) is 17.2 Å². The van der Waals surface area contributed by atoms with E-state index in [1.807, 2.05) is 0 Å². The van der Waals surface area contributed by atoms with Crippen LogP contribution >= 0.6 is 0 Å². The van der Waals surface area contributed by atoms with Gasteiger partial charge in [0.15, 0.2) is 30.4 Å². The summed E-state index contributed by atoms with van der Waals surface area (Å²) in [6.07, 6.45) is -36.6. The number of aliphatic hydroxyl groups is 12. The van der Waals surface area contributed by atoms with E-state index < -0.39 is 154 Å². The molecule has 24 nitrogen and oxygen atoms in total. The van der Waals surface area contributed by atoms with Crippen LogP contribution in [-0.4, -0.2) is 216 Å². The molecule has 4 aliphatic rings. The van der Waals surface area contributed by atoms with Crippen molar-refractivity contribution < 1.29 is 113 Å². The number of benzene rings is 2. The smallest absolute Gasteiger partial charge is 0.229 e. The molecule has 3 aromatic rings. The maximum absolute atomic E-state index is 13.2. The van der Waals surface area contributed by atoms with Crippen LogP contribution in [-0.2, 0) is 33.2 Å². The molecule has 0 aliphatic carbocycles. The molecule has 20 atom stereocenters. The lowest BCUT2D eigenvalue weighted by Crippen LogP contribution is -2.68. The number of aliphatic hydroxyl groups excluding tert-OH is 12. The molecule has 5 heterocycles. The molecule has 0 amide bonds. The number of aromatic hydroxyl groups is 1. The van der Waals surface area contributed by atoms with Crippen LogP contribution in [0.3, 0.4) is 0 Å². The average molecular weight is 917 g/mol. The highest BCUT2D eigenvalue weighted by Crippen LogP contribution is 2.37. The fourth-order valence-corrected chi connectivity index (χ4v) is 7.85. The third-order valence-electron chi connectivity index (χ3n) is 11.6. The van der Waals surface area contributed by atoms with Gasteiger partial charge >= 0.3 is 0 Å². The first-order chi connectivity index (χ1) is 30.5. The highest BCUT2D eigenvalue weighted by molar-refractivity contribution is 5.86. The number of hydrogen-bond donors (Lipinski definition) is 13. The van der Waals surface area contributed by atoms with Crippen molar-refractivity contribution in [3.63, 3.8) is 0 Å². The monoisotopic (exact) mass is 916 g/mol. The number of rotatable bonds is 13. The third kappa shape index (κ3) is 9.45. The van der Waals surface area contributed by atoms with Gasteiger partial charge in [-0.25, -0.2) is 0 Å². The van der Waals surface area contributed by atoms with Crippen LogP contribution in [0.1, 0.15) is 6.92 Å². The van der Waals surface area contributed by atoms with Gasteiger partial charge in [0.2, 0.25) is 6.29 Å². The lowest BCUT2D eigenvalue weighted by molar-refractivity contribution is -0.403. The first-order valence-corrected chi connectivity index (χ1v) is 20.1. The fourth-order valence-electron chi connectivity index (χ4n) is 7.85. The number of fused-ring (bicyclic) bond motifs is 1. The Hall–Kier alpha value is -3.71. The minimum atomic E-state index is -2.10. The van der Waals surface area contributed by atoms with Gasteiger partial charge in [-0.1, -0.05) is 0 Å². The van der Waals surface area contributed by atoms with Crippen LogP contribution in [0, 0.1) is 0 Å². The van der Waals surface area contributed by atoms with Crippen molar-refractivity contribution in [2.45, 2.75) is 130 Å². The Morgan fingerprint density at radius 1 is 0.547 bits per heavy atom. The van der Waals surface area contributed by atoms with Crippen molar-refractivity contribution in [1.82, 2.24) is 0 Å². The molecule has 24 heteroatoms. The van der Waals surface area contributed by atoms with Gasteiger partial charge in [0.05, 0.1) is 33.0 Å². The van der Waals surface area contributed by atoms with Gasteiger partial charge in [0.25, 0.3) is 0 Å². The zero-order chi connectivity index (χ0) is 46.3. The molecule has 0 bridgehead atoms. The van der Waals surface area contributed by atoms with Gasteiger partial charge in [-0.2, -0.15) is 0 Å². The van der Waals surface area contributed by atoms with E-state index >= 15 is 0 Å². The van der Waals surface area contributed by atoms with Gasteiger partial charge in [0.1, 0.15) is 119 Å². The van der Waals surface area contributed by atoms with Crippen LogP contribution in [0.15, 0.2) is 51.7 Å². The Labute approximate surface area is 362 Å². The standard InChI is InChI=1S/C40H52O24/c1-13-25(46)29(50)33(54)37(56-13)62-35-31(52)27(48)22(11-42)60-39(35)64-36-32(53)28(49)23(12-43)61-40(36)63-34-30(51)26(47)21(10-41)59-38(34)57-16-7-17(44)24-18(45)9-19(58-20(24)8-16)14-3-5-15(55-2)6-4-14/h3-9,13,21-23,25-44,46-54H,10-12H2,1-2H3/t13-,21-,22+,23-,25-,26+,27+,28+,29+,30-,31-,32-,33-,34-,35-,36-,37-,38+,39-,40-/m0/s1. The molecular formula is C40H52O24. The Bertz CT molecular complexity index is 2070. The second-order valence-electron chi connectivity index (χ2n) is 15.7. The Kier molecular flexibility index (Phi) is 15.1. The topological polar surface area (TPSA) is 376 Å². The highest BCUT2D eigenvalue weighted by Gasteiger charge is 2.56. The van der Waals surface area contributed by atoms with E-state index in [-0.39, 0.29) is 22.5 Å². The van der Waals surface area contributed by atoms with Crippen LogP contribution in [0.25, 0.3) is 22.3 Å². The van der Waals surface area contributed by atoms with Crippen molar-refractivity contribution in [2.24, 2.45) is 0 Å². The van der Waals surface area contributed by atoms with Crippen molar-refractivity contribution >= 4 is 11.0 Å². The molecule has 4 fully saturated rings. The second-order valence-corrected chi connectivity index (χ2v) is 15.7. The number of phenols is 1. The molecule has 0 radical (unpaired) electrons. The number of methoxy groups -OCH3 is 1. The Morgan fingerprint density at radius 3 is 1.53 bits per heavy atom. The van der Waals surface area contributed by atoms with Gasteiger partial charge in [0, 0.05) is 23.8 Å². The molecule has 0 spiro atoms. The minimum Gasteiger partial charge on any atom is -0.507 e. The minimum absolute atomic E-state index is 0.0979. The summed E-state index contributed by atoms with van der Waals surface area (Å²) in [5.41, 5.74) is -0.324. The summed E-state index contributed by atoms with van der Waals surface area (Å²) in [6, 6.07) is 9.89. The molecule has 4 aliphatic heterocycles. The second kappa shape index (κ2) is 20.0. The van der Waals surface area contributed by atoms with Crippen LogP contribution in [0.2, 0.25) is 0 Å². The largest absolute Gasteiger partial charge is 0.507 e. The van der Waals surface area contributed by atoms with Gasteiger partial charge < -0.3 is 113 Å². The van der Waals surface area contributed by atoms with E-state index in [2.05, 4.69) is 0 Å². The van der Waals surface area contributed by atoms with E-state index in [9.17, 15) is 71.2 Å². The molecule has 4 saturated heterocycles. The number of phenolic OH excluding ortho intramolecular Hbond substituents is 1. The summed E-state index contributed by atoms with van der Waals surface area (Å²) in [7, 11) is 1.48. The highest BCUT2D eigenvalue weighted by atomic mass is 16.8. The zero-order valence-corrected chi connectivity index (χ0v) is 34.0. The van der Waals surface area contributed by atoms with Crippen molar-refractivity contribution in [3.8, 4) is 28.6 Å². The van der Waals surface area contributed by atoms with Crippen LogP contribution in [0.4, 0.5) is 0 Å². The molecule has 13 N–H and O–H groups in total. The van der Waals surface area contributed by atoms with E-state index in [0.29, 0.717) is 11.3 Å². The number of ether oxygens (including phenoxy) is 9. The maximum atomic E-state index is 13.2. The van der Waals surface area contributed by atoms with Gasteiger partial charge in [-0.05, 0) is 31.2 Å². The lowest BCUT2D eigenvalue weighted by Gasteiger charge is -2.49. The van der Waals surface area contributed by atoms with E-state index in [1.54, 1.807) is 24.3 Å². The maximum Gasteiger partial charge on any atom is 0.229 e. The normalized spacial score (nSPS) is 40.6. The van der Waals surface area contributed by atoms with Gasteiger partial charge in [-0.15, -0.1) is 0 Å². The molecular weight excluding hydrogens is 864 g/mol. The summed E-state index contributed by atoms with van der Waals surface area (Å²) in [4.78, 5) is 13.2. The molecule has 0 saturated carbocycles. The molecule has 356 valence electrons. The summed E-state index contributed by atoms with van der Waals surface area (Å²) >= 11 is 0. The average Bonchev–Trinajstić information content (AvgIpc) is 3.28. The van der Waals surface area contributed by atoms with E-state index in [1.165, 1.54) is 26.2 Å². The first kappa shape index (κ1) is 48.2. The Morgan fingerprint density at radius 2 is 1.03 bits per heavy atom. The molecule has 0 unspecified atom stereocenters. The zero-order valence-electron chi connectivity index (χ0n) is 34.0. The summed E-state index contributed by atoms with van der Waals surface area (Å²) in [5, 5.41) is 139. The predicted molar refractivity (Wildman–Crippen MR) is 207 cm³/mol. The lowest BCUT2D eigenvalue weighted by atomic mass is 9.96. The molecule has 2 aromatic carbocycles. The van der Waals surface area contributed by atoms with Gasteiger partial charge in [-0.3, -0.25) is 4.79 Å². The molecule has 1 aromatic heterocycles. The first-order valence-electron chi connectivity index (χ1n) is 20.1. The summed E-state index contributed by atoms with van der Waals surface area (Å²) in [6.45, 7) is -1.38. The summed E-state index contributed by atoms with van der Waals surface area (Å²) < 4.78 is 57.7. The third-order valence-corrected chi connectivity index (χ3v) is 11.6. The van der Waals surface area contributed by atoms with E-state index in [0.717, 1.165) is 6.07 Å². The number of hydrogen-bond acceptors (Lipinski definition) is 24. The van der Waals surface area contributed by atoms with Crippen molar-refractivity contribution in [1.29, 1.82) is 0 Å². The van der Waals surface area contributed by atoms with Crippen molar-refractivity contribution in [3.05, 3.63) is 52.7 Å². The summed E-state index contributed by atoms with van der Waals surface area (Å²) in [5.74, 6) is -0.241. The molecule has 7 rings (SSSR count). The quantitative estimate of drug-likeness (QED) is 0.0762. The molecule has 64 heavy (non-hydrogen) atoms. The van der Waals surface area contributed by atoms with E-state index in [4.69, 9.17) is 47.0 Å². The van der Waals surface area contributed by atoms with Crippen molar-refractivity contribution in [2.75, 3.05) is 26.9 Å².